The highest BCUT2D eigenvalue weighted by Gasteiger charge is 2.07. The van der Waals surface area contributed by atoms with E-state index in [2.05, 4.69) is 29.5 Å². The number of nitrogens with zero attached hydrogens (tertiary/aromatic N) is 2. The van der Waals surface area contributed by atoms with Crippen LogP contribution < -0.4 is 5.73 Å². The Balaban J connectivity index is 2.12. The van der Waals surface area contributed by atoms with Gasteiger partial charge in [-0.1, -0.05) is 12.1 Å². The topological polar surface area (TPSA) is 43.8 Å². The van der Waals surface area contributed by atoms with Crippen molar-refractivity contribution in [1.82, 2.24) is 9.55 Å². The molecule has 0 saturated heterocycles. The van der Waals surface area contributed by atoms with E-state index in [1.807, 2.05) is 31.6 Å². The van der Waals surface area contributed by atoms with Gasteiger partial charge in [-0.3, -0.25) is 0 Å². The average molecular weight is 261 g/mol. The van der Waals surface area contributed by atoms with Crippen molar-refractivity contribution in [3.05, 3.63) is 42.0 Å². The van der Waals surface area contributed by atoms with Gasteiger partial charge in [0.15, 0.2) is 0 Å². The predicted molar refractivity (Wildman–Crippen MR) is 77.8 cm³/mol. The van der Waals surface area contributed by atoms with Crippen molar-refractivity contribution in [2.24, 2.45) is 0 Å². The fourth-order valence-electron chi connectivity index (χ4n) is 1.84. The molecule has 2 aromatic rings. The molecule has 0 aliphatic carbocycles. The maximum absolute atomic E-state index is 6.08. The van der Waals surface area contributed by atoms with E-state index in [1.54, 1.807) is 11.8 Å². The van der Waals surface area contributed by atoms with Crippen molar-refractivity contribution in [1.29, 1.82) is 0 Å². The molecule has 0 spiro atoms. The molecule has 0 fully saturated rings. The number of thioether (sulfide) groups is 1. The number of rotatable bonds is 4. The minimum Gasteiger partial charge on any atom is -0.398 e. The van der Waals surface area contributed by atoms with Crippen LogP contribution in [0.5, 0.6) is 0 Å². The van der Waals surface area contributed by atoms with Crippen LogP contribution in [0.25, 0.3) is 0 Å². The molecule has 96 valence electrons. The summed E-state index contributed by atoms with van der Waals surface area (Å²) in [5.74, 6) is 0.895. The molecule has 1 heterocycles. The molecule has 3 nitrogen and oxygen atoms in total. The number of benzene rings is 1. The Morgan fingerprint density at radius 2 is 2.17 bits per heavy atom. The Hall–Kier alpha value is -1.42. The summed E-state index contributed by atoms with van der Waals surface area (Å²) in [7, 11) is 0. The Morgan fingerprint density at radius 3 is 2.89 bits per heavy atom. The summed E-state index contributed by atoms with van der Waals surface area (Å²) in [6.45, 7) is 6.37. The summed E-state index contributed by atoms with van der Waals surface area (Å²) >= 11 is 1.76. The predicted octanol–water partition coefficient (Wildman–Crippen LogP) is 3.65. The lowest BCUT2D eigenvalue weighted by Crippen LogP contribution is -2.03. The second-order valence-electron chi connectivity index (χ2n) is 4.66. The Bertz CT molecular complexity index is 532. The Morgan fingerprint density at radius 1 is 1.39 bits per heavy atom. The lowest BCUT2D eigenvalue weighted by atomic mass is 10.2. The van der Waals surface area contributed by atoms with Gasteiger partial charge in [0, 0.05) is 34.3 Å². The summed E-state index contributed by atoms with van der Waals surface area (Å²) in [5, 5.41) is 0. The van der Waals surface area contributed by atoms with Gasteiger partial charge in [0.1, 0.15) is 0 Å². The Kier molecular flexibility index (Phi) is 3.97. The van der Waals surface area contributed by atoms with E-state index in [0.717, 1.165) is 21.9 Å². The third-order valence-electron chi connectivity index (χ3n) is 2.96. The number of imidazole rings is 1. The lowest BCUT2D eigenvalue weighted by Gasteiger charge is -2.12. The van der Waals surface area contributed by atoms with Gasteiger partial charge in [-0.2, -0.15) is 0 Å². The van der Waals surface area contributed by atoms with Crippen molar-refractivity contribution in [2.75, 3.05) is 5.73 Å². The normalized spacial score (nSPS) is 11.1. The molecule has 0 bridgehead atoms. The molecular formula is C14H19N3S. The number of nitrogens with two attached hydrogens (primary N) is 1. The minimum atomic E-state index is 0.443. The molecular weight excluding hydrogens is 242 g/mol. The third kappa shape index (κ3) is 2.70. The maximum Gasteiger partial charge on any atom is 0.0950 e. The van der Waals surface area contributed by atoms with Crippen LogP contribution in [-0.4, -0.2) is 9.55 Å². The Labute approximate surface area is 112 Å². The molecule has 0 atom stereocenters. The van der Waals surface area contributed by atoms with Gasteiger partial charge in [0.25, 0.3) is 0 Å². The van der Waals surface area contributed by atoms with Crippen molar-refractivity contribution in [3.63, 3.8) is 0 Å². The average Bonchev–Trinajstić information content (AvgIpc) is 2.79. The second-order valence-corrected chi connectivity index (χ2v) is 5.68. The van der Waals surface area contributed by atoms with Gasteiger partial charge in [0.2, 0.25) is 0 Å². The van der Waals surface area contributed by atoms with Crippen LogP contribution in [-0.2, 0) is 5.75 Å². The zero-order chi connectivity index (χ0) is 13.1. The monoisotopic (exact) mass is 261 g/mol. The number of hydrogen-bond acceptors (Lipinski definition) is 3. The van der Waals surface area contributed by atoms with E-state index in [1.165, 1.54) is 5.69 Å². The van der Waals surface area contributed by atoms with Gasteiger partial charge in [0.05, 0.1) is 6.33 Å². The highest BCUT2D eigenvalue weighted by Crippen LogP contribution is 2.30. The minimum absolute atomic E-state index is 0.443. The molecule has 1 aromatic heterocycles. The number of aryl methyl sites for hydroxylation is 1. The zero-order valence-electron chi connectivity index (χ0n) is 11.1. The molecule has 2 N–H and O–H groups in total. The highest BCUT2D eigenvalue weighted by molar-refractivity contribution is 7.98. The molecule has 2 rings (SSSR count). The first-order chi connectivity index (χ1) is 8.59. The van der Waals surface area contributed by atoms with Gasteiger partial charge in [-0.15, -0.1) is 11.8 Å². The van der Waals surface area contributed by atoms with Crippen molar-refractivity contribution >= 4 is 17.4 Å². The first-order valence-corrected chi connectivity index (χ1v) is 7.06. The smallest absolute Gasteiger partial charge is 0.0950 e. The quantitative estimate of drug-likeness (QED) is 0.675. The molecule has 0 amide bonds. The summed E-state index contributed by atoms with van der Waals surface area (Å²) in [5.41, 5.74) is 9.33. The molecule has 0 unspecified atom stereocenters. The van der Waals surface area contributed by atoms with Gasteiger partial charge < -0.3 is 10.3 Å². The summed E-state index contributed by atoms with van der Waals surface area (Å²) in [6.07, 6.45) is 3.82. The number of anilines is 1. The molecule has 4 heteroatoms. The van der Waals surface area contributed by atoms with Crippen LogP contribution in [0.2, 0.25) is 0 Å². The number of aromatic nitrogens is 2. The van der Waals surface area contributed by atoms with E-state index < -0.39 is 0 Å². The zero-order valence-corrected chi connectivity index (χ0v) is 11.9. The van der Waals surface area contributed by atoms with Crippen LogP contribution in [0.15, 0.2) is 35.6 Å². The van der Waals surface area contributed by atoms with E-state index in [4.69, 9.17) is 5.73 Å². The van der Waals surface area contributed by atoms with E-state index in [-0.39, 0.29) is 0 Å². The maximum atomic E-state index is 6.08. The van der Waals surface area contributed by atoms with E-state index in [9.17, 15) is 0 Å². The van der Waals surface area contributed by atoms with Crippen LogP contribution in [0, 0.1) is 6.92 Å². The summed E-state index contributed by atoms with van der Waals surface area (Å²) < 4.78 is 2.19. The second kappa shape index (κ2) is 5.48. The molecule has 0 radical (unpaired) electrons. The standard InChI is InChI=1S/C14H19N3S/c1-10(2)17-9-16-7-12(17)8-18-13-6-4-5-11(3)14(13)15/h4-7,9-10H,8,15H2,1-3H3. The van der Waals surface area contributed by atoms with Crippen LogP contribution in [0.3, 0.4) is 0 Å². The van der Waals surface area contributed by atoms with Crippen LogP contribution in [0.4, 0.5) is 5.69 Å². The molecule has 0 saturated carbocycles. The fourth-order valence-corrected chi connectivity index (χ4v) is 2.86. The van der Waals surface area contributed by atoms with E-state index >= 15 is 0 Å². The van der Waals surface area contributed by atoms with Gasteiger partial charge >= 0.3 is 0 Å². The van der Waals surface area contributed by atoms with Crippen LogP contribution >= 0.6 is 11.8 Å². The van der Waals surface area contributed by atoms with Crippen molar-refractivity contribution < 1.29 is 0 Å². The molecule has 0 aliphatic heterocycles. The largest absolute Gasteiger partial charge is 0.398 e. The molecule has 18 heavy (non-hydrogen) atoms. The lowest BCUT2D eigenvalue weighted by molar-refractivity contribution is 0.584. The summed E-state index contributed by atoms with van der Waals surface area (Å²) in [4.78, 5) is 5.36. The summed E-state index contributed by atoms with van der Waals surface area (Å²) in [6, 6.07) is 6.60. The van der Waals surface area contributed by atoms with Gasteiger partial charge in [-0.25, -0.2) is 4.98 Å². The first kappa shape index (κ1) is 13.0. The highest BCUT2D eigenvalue weighted by atomic mass is 32.2. The SMILES string of the molecule is Cc1cccc(SCc2cncn2C(C)C)c1N. The first-order valence-electron chi connectivity index (χ1n) is 6.08. The molecule has 0 aliphatic rings. The van der Waals surface area contributed by atoms with Crippen molar-refractivity contribution in [2.45, 2.75) is 37.5 Å². The number of nitrogen functional groups attached to an aromatic ring is 1. The van der Waals surface area contributed by atoms with Crippen LogP contribution in [0.1, 0.15) is 31.1 Å². The van der Waals surface area contributed by atoms with Gasteiger partial charge in [-0.05, 0) is 32.4 Å². The number of hydrogen-bond donors (Lipinski definition) is 1. The van der Waals surface area contributed by atoms with E-state index in [0.29, 0.717) is 6.04 Å². The van der Waals surface area contributed by atoms with Crippen molar-refractivity contribution in [3.8, 4) is 0 Å². The molecule has 1 aromatic carbocycles. The fraction of sp³-hybridized carbons (Fsp3) is 0.357. The number of para-hydroxylation sites is 1. The third-order valence-corrected chi connectivity index (χ3v) is 4.07.